The zero-order valence-corrected chi connectivity index (χ0v) is 11.7. The topological polar surface area (TPSA) is 82.1 Å². The first-order valence-corrected chi connectivity index (χ1v) is 6.33. The van der Waals surface area contributed by atoms with Crippen LogP contribution in [0.15, 0.2) is 18.2 Å². The number of benzene rings is 1. The maximum absolute atomic E-state index is 11.6. The number of carbonyl (C=O) groups is 2. The fraction of sp³-hybridized carbons (Fsp3) is 0.429. The lowest BCUT2D eigenvalue weighted by atomic mass is 10.2. The van der Waals surface area contributed by atoms with Crippen LogP contribution in [0.2, 0.25) is 0 Å². The largest absolute Gasteiger partial charge is 0.490 e. The predicted molar refractivity (Wildman–Crippen MR) is 71.3 cm³/mol. The Morgan fingerprint density at radius 3 is 2.50 bits per heavy atom. The highest BCUT2D eigenvalue weighted by molar-refractivity contribution is 5.92. The Morgan fingerprint density at radius 2 is 1.95 bits per heavy atom. The van der Waals surface area contributed by atoms with Crippen molar-refractivity contribution in [3.05, 3.63) is 23.8 Å². The molecule has 1 atom stereocenters. The second-order valence-corrected chi connectivity index (χ2v) is 3.88. The van der Waals surface area contributed by atoms with Gasteiger partial charge >= 0.3 is 11.9 Å². The lowest BCUT2D eigenvalue weighted by Gasteiger charge is -2.17. The van der Waals surface area contributed by atoms with E-state index >= 15 is 0 Å². The molecule has 1 N–H and O–H groups in total. The van der Waals surface area contributed by atoms with Gasteiger partial charge in [0, 0.05) is 0 Å². The molecule has 1 rings (SSSR count). The maximum atomic E-state index is 11.6. The summed E-state index contributed by atoms with van der Waals surface area (Å²) in [5.74, 6) is -1.40. The fourth-order valence-electron chi connectivity index (χ4n) is 1.56. The third kappa shape index (κ3) is 3.88. The van der Waals surface area contributed by atoms with Crippen molar-refractivity contribution in [2.75, 3.05) is 13.2 Å². The Bertz CT molecular complexity index is 483. The van der Waals surface area contributed by atoms with Gasteiger partial charge in [-0.25, -0.2) is 9.59 Å². The van der Waals surface area contributed by atoms with E-state index in [2.05, 4.69) is 0 Å². The van der Waals surface area contributed by atoms with Gasteiger partial charge in [-0.05, 0) is 32.9 Å². The molecule has 0 saturated carbocycles. The number of esters is 1. The summed E-state index contributed by atoms with van der Waals surface area (Å²) >= 11 is 0. The second-order valence-electron chi connectivity index (χ2n) is 3.88. The first-order chi connectivity index (χ1) is 9.51. The predicted octanol–water partition coefficient (Wildman–Crippen LogP) is 2.11. The van der Waals surface area contributed by atoms with Gasteiger partial charge in [-0.1, -0.05) is 6.07 Å². The first kappa shape index (κ1) is 15.8. The number of aromatic carboxylic acids is 1. The zero-order chi connectivity index (χ0) is 15.1. The summed E-state index contributed by atoms with van der Waals surface area (Å²) in [7, 11) is 0. The number of carboxylic acid groups (broad SMARTS) is 1. The van der Waals surface area contributed by atoms with Gasteiger partial charge in [0.2, 0.25) is 0 Å². The molecular weight excluding hydrogens is 264 g/mol. The minimum atomic E-state index is -1.15. The molecule has 0 aliphatic carbocycles. The van der Waals surface area contributed by atoms with Crippen molar-refractivity contribution in [2.24, 2.45) is 0 Å². The van der Waals surface area contributed by atoms with Crippen LogP contribution < -0.4 is 9.47 Å². The van der Waals surface area contributed by atoms with E-state index in [1.807, 2.05) is 0 Å². The molecule has 0 spiro atoms. The van der Waals surface area contributed by atoms with Crippen molar-refractivity contribution in [3.63, 3.8) is 0 Å². The normalized spacial score (nSPS) is 11.6. The summed E-state index contributed by atoms with van der Waals surface area (Å²) in [5.41, 5.74) is -0.0629. The van der Waals surface area contributed by atoms with E-state index in [0.29, 0.717) is 6.61 Å². The molecule has 6 nitrogen and oxygen atoms in total. The van der Waals surface area contributed by atoms with Crippen LogP contribution in [-0.4, -0.2) is 36.4 Å². The molecule has 0 saturated heterocycles. The molecule has 1 aromatic carbocycles. The molecule has 0 amide bonds. The first-order valence-electron chi connectivity index (χ1n) is 6.33. The van der Waals surface area contributed by atoms with Crippen LogP contribution in [-0.2, 0) is 9.53 Å². The van der Waals surface area contributed by atoms with Crippen LogP contribution in [0.3, 0.4) is 0 Å². The SMILES string of the molecule is CCOC(=O)C(C)Oc1c(OCC)cccc1C(=O)O. The van der Waals surface area contributed by atoms with E-state index in [9.17, 15) is 9.59 Å². The molecule has 110 valence electrons. The molecule has 0 aliphatic heterocycles. The molecule has 0 aliphatic rings. The second kappa shape index (κ2) is 7.37. The van der Waals surface area contributed by atoms with Gasteiger partial charge in [0.25, 0.3) is 0 Å². The van der Waals surface area contributed by atoms with Gasteiger partial charge < -0.3 is 19.3 Å². The molecule has 0 bridgehead atoms. The van der Waals surface area contributed by atoms with E-state index in [0.717, 1.165) is 0 Å². The standard InChI is InChI=1S/C14H18O6/c1-4-18-11-8-6-7-10(13(15)16)12(11)20-9(3)14(17)19-5-2/h6-9H,4-5H2,1-3H3,(H,15,16). The number of hydrogen-bond donors (Lipinski definition) is 1. The molecule has 0 radical (unpaired) electrons. The quantitative estimate of drug-likeness (QED) is 0.771. The monoisotopic (exact) mass is 282 g/mol. The van der Waals surface area contributed by atoms with E-state index in [4.69, 9.17) is 19.3 Å². The number of carbonyl (C=O) groups excluding carboxylic acids is 1. The van der Waals surface area contributed by atoms with Crippen LogP contribution in [0, 0.1) is 0 Å². The highest BCUT2D eigenvalue weighted by atomic mass is 16.6. The number of para-hydroxylation sites is 1. The smallest absolute Gasteiger partial charge is 0.347 e. The number of ether oxygens (including phenoxy) is 3. The summed E-state index contributed by atoms with van der Waals surface area (Å²) in [5, 5.41) is 9.16. The molecule has 0 aromatic heterocycles. The van der Waals surface area contributed by atoms with Crippen LogP contribution in [0.1, 0.15) is 31.1 Å². The van der Waals surface area contributed by atoms with Crippen molar-refractivity contribution in [3.8, 4) is 11.5 Å². The van der Waals surface area contributed by atoms with E-state index in [1.54, 1.807) is 26.0 Å². The average Bonchev–Trinajstić information content (AvgIpc) is 2.40. The molecule has 1 aromatic rings. The summed E-state index contributed by atoms with van der Waals surface area (Å²) < 4.78 is 15.6. The van der Waals surface area contributed by atoms with E-state index in [1.165, 1.54) is 13.0 Å². The highest BCUT2D eigenvalue weighted by Crippen LogP contribution is 2.32. The number of hydrogen-bond acceptors (Lipinski definition) is 5. The van der Waals surface area contributed by atoms with Gasteiger partial charge in [0.15, 0.2) is 17.6 Å². The molecule has 6 heteroatoms. The summed E-state index contributed by atoms with van der Waals surface area (Å²) in [6.07, 6.45) is -0.922. The Hall–Kier alpha value is -2.24. The van der Waals surface area contributed by atoms with E-state index in [-0.39, 0.29) is 23.7 Å². The van der Waals surface area contributed by atoms with Gasteiger partial charge in [0.05, 0.1) is 13.2 Å². The third-order valence-corrected chi connectivity index (χ3v) is 2.42. The fourth-order valence-corrected chi connectivity index (χ4v) is 1.56. The average molecular weight is 282 g/mol. The van der Waals surface area contributed by atoms with Gasteiger partial charge in [-0.3, -0.25) is 0 Å². The number of rotatable bonds is 7. The Morgan fingerprint density at radius 1 is 1.25 bits per heavy atom. The van der Waals surface area contributed by atoms with Gasteiger partial charge in [0.1, 0.15) is 5.56 Å². The molecule has 20 heavy (non-hydrogen) atoms. The Balaban J connectivity index is 3.06. The van der Waals surface area contributed by atoms with E-state index < -0.39 is 18.0 Å². The van der Waals surface area contributed by atoms with Crippen LogP contribution in [0.25, 0.3) is 0 Å². The van der Waals surface area contributed by atoms with Gasteiger partial charge in [-0.15, -0.1) is 0 Å². The van der Waals surface area contributed by atoms with Crippen molar-refractivity contribution in [1.29, 1.82) is 0 Å². The Kier molecular flexibility index (Phi) is 5.83. The molecule has 1 unspecified atom stereocenters. The van der Waals surface area contributed by atoms with Crippen LogP contribution >= 0.6 is 0 Å². The molecule has 0 fully saturated rings. The van der Waals surface area contributed by atoms with Crippen molar-refractivity contribution < 1.29 is 28.9 Å². The van der Waals surface area contributed by atoms with Crippen LogP contribution in [0.4, 0.5) is 0 Å². The summed E-state index contributed by atoms with van der Waals surface area (Å²) in [6.45, 7) is 5.53. The van der Waals surface area contributed by atoms with Gasteiger partial charge in [-0.2, -0.15) is 0 Å². The van der Waals surface area contributed by atoms with Crippen molar-refractivity contribution in [1.82, 2.24) is 0 Å². The Labute approximate surface area is 117 Å². The lowest BCUT2D eigenvalue weighted by Crippen LogP contribution is -2.27. The molecule has 0 heterocycles. The minimum absolute atomic E-state index is 0.0300. The maximum Gasteiger partial charge on any atom is 0.347 e. The lowest BCUT2D eigenvalue weighted by molar-refractivity contribution is -0.150. The van der Waals surface area contributed by atoms with Crippen LogP contribution in [0.5, 0.6) is 11.5 Å². The third-order valence-electron chi connectivity index (χ3n) is 2.42. The summed E-state index contributed by atoms with van der Waals surface area (Å²) in [4.78, 5) is 22.8. The summed E-state index contributed by atoms with van der Waals surface area (Å²) in [6, 6.07) is 4.53. The highest BCUT2D eigenvalue weighted by Gasteiger charge is 2.23. The molecular formula is C14H18O6. The minimum Gasteiger partial charge on any atom is -0.490 e. The zero-order valence-electron chi connectivity index (χ0n) is 11.7. The van der Waals surface area contributed by atoms with Crippen molar-refractivity contribution >= 4 is 11.9 Å². The van der Waals surface area contributed by atoms with Crippen molar-refractivity contribution in [2.45, 2.75) is 26.9 Å². The number of carboxylic acids is 1.